The van der Waals surface area contributed by atoms with Crippen molar-refractivity contribution in [1.82, 2.24) is 4.40 Å². The molecule has 0 fully saturated rings. The Morgan fingerprint density at radius 1 is 1.11 bits per heavy atom. The number of nitrogens with zero attached hydrogens (tertiary/aromatic N) is 2. The van der Waals surface area contributed by atoms with E-state index in [2.05, 4.69) is 28.8 Å². The molecule has 134 valence electrons. The van der Waals surface area contributed by atoms with Gasteiger partial charge < -0.3 is 4.40 Å². The number of benzene rings is 2. The van der Waals surface area contributed by atoms with Crippen LogP contribution >= 0.6 is 11.6 Å². The zero-order valence-corrected chi connectivity index (χ0v) is 15.6. The molecule has 1 aliphatic carbocycles. The number of nitro benzene ring substituents is 1. The van der Waals surface area contributed by atoms with E-state index in [-0.39, 0.29) is 10.6 Å². The van der Waals surface area contributed by atoms with E-state index in [0.29, 0.717) is 5.02 Å². The molecule has 5 rings (SSSR count). The average molecular weight is 377 g/mol. The van der Waals surface area contributed by atoms with Crippen LogP contribution in [0.5, 0.6) is 0 Å². The van der Waals surface area contributed by atoms with Crippen LogP contribution in [0.2, 0.25) is 5.02 Å². The maximum atomic E-state index is 11.3. The fourth-order valence-electron chi connectivity index (χ4n) is 4.57. The monoisotopic (exact) mass is 376 g/mol. The molecule has 1 aliphatic rings. The molecule has 0 bridgehead atoms. The Bertz CT molecular complexity index is 1300. The van der Waals surface area contributed by atoms with Gasteiger partial charge in [0.2, 0.25) is 0 Å². The summed E-state index contributed by atoms with van der Waals surface area (Å²) in [4.78, 5) is 11.0. The molecule has 0 radical (unpaired) electrons. The Kier molecular flexibility index (Phi) is 3.52. The number of aromatic nitrogens is 1. The lowest BCUT2D eigenvalue weighted by atomic mass is 9.83. The minimum Gasteiger partial charge on any atom is -0.316 e. The molecule has 4 nitrogen and oxygen atoms in total. The summed E-state index contributed by atoms with van der Waals surface area (Å²) >= 11 is 6.32. The first kappa shape index (κ1) is 16.3. The highest BCUT2D eigenvalue weighted by Gasteiger charge is 2.23. The van der Waals surface area contributed by atoms with E-state index in [9.17, 15) is 10.1 Å². The molecule has 2 heterocycles. The molecule has 0 N–H and O–H groups in total. The summed E-state index contributed by atoms with van der Waals surface area (Å²) in [5, 5.41) is 14.3. The van der Waals surface area contributed by atoms with Crippen molar-refractivity contribution in [2.45, 2.75) is 26.2 Å². The van der Waals surface area contributed by atoms with Crippen LogP contribution in [0.15, 0.2) is 48.7 Å². The highest BCUT2D eigenvalue weighted by Crippen LogP contribution is 2.35. The number of fused-ring (bicyclic) bond motifs is 4. The van der Waals surface area contributed by atoms with Gasteiger partial charge in [-0.2, -0.15) is 0 Å². The highest BCUT2D eigenvalue weighted by molar-refractivity contribution is 6.31. The van der Waals surface area contributed by atoms with E-state index in [1.165, 1.54) is 16.4 Å². The van der Waals surface area contributed by atoms with Crippen LogP contribution in [-0.2, 0) is 6.42 Å². The molecule has 0 spiro atoms. The van der Waals surface area contributed by atoms with Crippen LogP contribution in [0, 0.1) is 17.0 Å². The van der Waals surface area contributed by atoms with Gasteiger partial charge >= 0.3 is 0 Å². The Labute approximate surface area is 160 Å². The van der Waals surface area contributed by atoms with Crippen molar-refractivity contribution in [3.63, 3.8) is 0 Å². The first-order valence-corrected chi connectivity index (χ1v) is 9.42. The van der Waals surface area contributed by atoms with E-state index in [1.54, 1.807) is 12.1 Å². The van der Waals surface area contributed by atoms with Gasteiger partial charge in [-0.1, -0.05) is 11.6 Å². The van der Waals surface area contributed by atoms with Gasteiger partial charge in [0.1, 0.15) is 0 Å². The maximum absolute atomic E-state index is 11.3. The molecule has 0 unspecified atom stereocenters. The van der Waals surface area contributed by atoms with Gasteiger partial charge in [0, 0.05) is 34.0 Å². The summed E-state index contributed by atoms with van der Waals surface area (Å²) in [6, 6.07) is 13.6. The van der Waals surface area contributed by atoms with Gasteiger partial charge in [-0.25, -0.2) is 0 Å². The van der Waals surface area contributed by atoms with Crippen LogP contribution in [0.25, 0.3) is 22.0 Å². The molecule has 0 atom stereocenters. The maximum Gasteiger partial charge on any atom is 0.270 e. The molecular weight excluding hydrogens is 360 g/mol. The van der Waals surface area contributed by atoms with Gasteiger partial charge in [0.15, 0.2) is 0 Å². The lowest BCUT2D eigenvalue weighted by Crippen LogP contribution is -2.14. The standard InChI is InChI=1S/C22H17ClN2O2/c1-13-10-16(25(26)27)11-14-4-2-5-17(21(13)14)22-18-12-15(23)7-8-19(18)24-9-3-6-20(22)24/h3,6-12H,2,4-5H2,1H3/b22-17-. The number of aryl methyl sites for hydroxylation is 2. The Morgan fingerprint density at radius 2 is 1.96 bits per heavy atom. The summed E-state index contributed by atoms with van der Waals surface area (Å²) in [7, 11) is 0. The number of halogens is 1. The lowest BCUT2D eigenvalue weighted by molar-refractivity contribution is -0.385. The fourth-order valence-corrected chi connectivity index (χ4v) is 4.75. The normalized spacial score (nSPS) is 16.1. The van der Waals surface area contributed by atoms with Gasteiger partial charge in [0.05, 0.1) is 16.0 Å². The molecule has 0 amide bonds. The topological polar surface area (TPSA) is 47.5 Å². The third-order valence-electron chi connectivity index (χ3n) is 5.58. The smallest absolute Gasteiger partial charge is 0.270 e. The molecule has 27 heavy (non-hydrogen) atoms. The predicted molar refractivity (Wildman–Crippen MR) is 108 cm³/mol. The molecule has 4 aromatic rings. The van der Waals surface area contributed by atoms with Gasteiger partial charge in [-0.05, 0) is 78.8 Å². The van der Waals surface area contributed by atoms with Crippen molar-refractivity contribution in [3.8, 4) is 0 Å². The summed E-state index contributed by atoms with van der Waals surface area (Å²) in [5.41, 5.74) is 6.95. The van der Waals surface area contributed by atoms with E-state index < -0.39 is 0 Å². The first-order valence-electron chi connectivity index (χ1n) is 9.04. The van der Waals surface area contributed by atoms with Crippen molar-refractivity contribution in [2.24, 2.45) is 0 Å². The second-order valence-electron chi connectivity index (χ2n) is 7.19. The first-order chi connectivity index (χ1) is 13.0. The van der Waals surface area contributed by atoms with Gasteiger partial charge in [0.25, 0.3) is 5.69 Å². The van der Waals surface area contributed by atoms with Crippen LogP contribution < -0.4 is 5.22 Å². The van der Waals surface area contributed by atoms with Crippen molar-refractivity contribution >= 4 is 39.3 Å². The third kappa shape index (κ3) is 2.37. The van der Waals surface area contributed by atoms with Crippen molar-refractivity contribution in [1.29, 1.82) is 0 Å². The Morgan fingerprint density at radius 3 is 2.78 bits per heavy atom. The van der Waals surface area contributed by atoms with E-state index >= 15 is 0 Å². The minimum absolute atomic E-state index is 0.177. The van der Waals surface area contributed by atoms with Crippen LogP contribution in [0.3, 0.4) is 0 Å². The molecule has 0 saturated carbocycles. The fraction of sp³-hybridized carbons (Fsp3) is 0.182. The number of hydrogen-bond donors (Lipinski definition) is 0. The predicted octanol–water partition coefficient (Wildman–Crippen LogP) is 5.22. The quantitative estimate of drug-likeness (QED) is 0.338. The highest BCUT2D eigenvalue weighted by atomic mass is 35.5. The summed E-state index contributed by atoms with van der Waals surface area (Å²) in [6.07, 6.45) is 4.89. The summed E-state index contributed by atoms with van der Waals surface area (Å²) < 4.78 is 2.20. The largest absolute Gasteiger partial charge is 0.316 e. The number of nitro groups is 1. The molecular formula is C22H17ClN2O2. The number of hydrogen-bond acceptors (Lipinski definition) is 2. The Hall–Kier alpha value is -2.85. The second-order valence-corrected chi connectivity index (χ2v) is 7.62. The van der Waals surface area contributed by atoms with Crippen molar-refractivity contribution < 1.29 is 4.92 Å². The van der Waals surface area contributed by atoms with Crippen molar-refractivity contribution in [2.75, 3.05) is 0 Å². The minimum atomic E-state index is -0.301. The second kappa shape index (κ2) is 5.83. The average Bonchev–Trinajstić information content (AvgIpc) is 3.21. The van der Waals surface area contributed by atoms with Crippen LogP contribution in [0.4, 0.5) is 5.69 Å². The van der Waals surface area contributed by atoms with Crippen LogP contribution in [-0.4, -0.2) is 9.32 Å². The molecule has 2 aromatic heterocycles. The number of non-ortho nitro benzene ring substituents is 1. The SMILES string of the molecule is Cc1cc([N+](=O)[O-])cc2c1/C(=c1/c3cc(Cl)ccc3n3cccc13)CCC2. The van der Waals surface area contributed by atoms with Gasteiger partial charge in [-0.3, -0.25) is 10.1 Å². The zero-order valence-electron chi connectivity index (χ0n) is 14.8. The Balaban J connectivity index is 1.96. The molecule has 5 heteroatoms. The van der Waals surface area contributed by atoms with E-state index in [1.807, 2.05) is 19.1 Å². The molecule has 0 aliphatic heterocycles. The third-order valence-corrected chi connectivity index (χ3v) is 5.82. The number of rotatable bonds is 1. The van der Waals surface area contributed by atoms with E-state index in [4.69, 9.17) is 11.6 Å². The van der Waals surface area contributed by atoms with E-state index in [0.717, 1.165) is 46.8 Å². The summed E-state index contributed by atoms with van der Waals surface area (Å²) in [6.45, 7) is 1.98. The zero-order chi connectivity index (χ0) is 18.7. The van der Waals surface area contributed by atoms with Crippen molar-refractivity contribution in [3.05, 3.63) is 85.7 Å². The molecule has 2 aromatic carbocycles. The lowest BCUT2D eigenvalue weighted by Gasteiger charge is -2.21. The summed E-state index contributed by atoms with van der Waals surface area (Å²) in [5.74, 6) is 0. The molecule has 0 saturated heterocycles. The van der Waals surface area contributed by atoms with Crippen LogP contribution in [0.1, 0.15) is 29.5 Å². The van der Waals surface area contributed by atoms with Gasteiger partial charge in [-0.15, -0.1) is 0 Å².